The van der Waals surface area contributed by atoms with Crippen molar-refractivity contribution >= 4 is 5.69 Å². The van der Waals surface area contributed by atoms with Crippen LogP contribution in [0.15, 0.2) is 24.3 Å². The highest BCUT2D eigenvalue weighted by Crippen LogP contribution is 2.19. The number of likely N-dealkylation sites (N-methyl/N-ethyl adjacent to an activating group) is 2. The molecule has 0 unspecified atom stereocenters. The second-order valence-electron chi connectivity index (χ2n) is 3.93. The molecule has 3 nitrogen and oxygen atoms in total. The molecule has 98 valence electrons. The van der Waals surface area contributed by atoms with Crippen molar-refractivity contribution in [1.29, 1.82) is 0 Å². The van der Waals surface area contributed by atoms with Gasteiger partial charge in [0.1, 0.15) is 5.75 Å². The summed E-state index contributed by atoms with van der Waals surface area (Å²) in [6.45, 7) is 6.06. The maximum atomic E-state index is 5.19. The molecule has 0 radical (unpaired) electrons. The predicted octanol–water partition coefficient (Wildman–Crippen LogP) is 2.72. The number of ether oxygens (including phenoxy) is 1. The van der Waals surface area contributed by atoms with E-state index in [0.29, 0.717) is 0 Å². The summed E-state index contributed by atoms with van der Waals surface area (Å²) in [5.74, 6) is 0.907. The molecule has 1 aromatic rings. The third-order valence-corrected chi connectivity index (χ3v) is 2.38. The van der Waals surface area contributed by atoms with Gasteiger partial charge in [-0.2, -0.15) is 0 Å². The van der Waals surface area contributed by atoms with Crippen LogP contribution in [0.3, 0.4) is 0 Å². The molecule has 0 amide bonds. The Hall–Kier alpha value is -1.22. The molecule has 0 aromatic heterocycles. The van der Waals surface area contributed by atoms with Gasteiger partial charge >= 0.3 is 0 Å². The number of rotatable bonds is 5. The molecule has 0 aliphatic carbocycles. The summed E-state index contributed by atoms with van der Waals surface area (Å²) in [6.07, 6.45) is 0. The van der Waals surface area contributed by atoms with E-state index in [0.717, 1.165) is 18.8 Å². The minimum absolute atomic E-state index is 0.907. The van der Waals surface area contributed by atoms with E-state index in [-0.39, 0.29) is 0 Å². The van der Waals surface area contributed by atoms with Crippen LogP contribution in [0, 0.1) is 0 Å². The van der Waals surface area contributed by atoms with Gasteiger partial charge in [-0.15, -0.1) is 0 Å². The highest BCUT2D eigenvalue weighted by atomic mass is 16.5. The van der Waals surface area contributed by atoms with Gasteiger partial charge in [0.25, 0.3) is 0 Å². The lowest BCUT2D eigenvalue weighted by Crippen LogP contribution is -2.28. The van der Waals surface area contributed by atoms with Gasteiger partial charge in [-0.1, -0.05) is 19.9 Å². The zero-order chi connectivity index (χ0) is 13.3. The van der Waals surface area contributed by atoms with Crippen molar-refractivity contribution in [2.24, 2.45) is 0 Å². The summed E-state index contributed by atoms with van der Waals surface area (Å²) in [5.41, 5.74) is 1.19. The SMILES string of the molecule is CC.COc1cccc(N(C)CCN(C)C)c1. The summed E-state index contributed by atoms with van der Waals surface area (Å²) in [7, 11) is 7.95. The normalized spacial score (nSPS) is 9.59. The summed E-state index contributed by atoms with van der Waals surface area (Å²) in [6, 6.07) is 8.12. The molecule has 1 aromatic carbocycles. The highest BCUT2D eigenvalue weighted by molar-refractivity contribution is 5.50. The van der Waals surface area contributed by atoms with Gasteiger partial charge < -0.3 is 14.5 Å². The van der Waals surface area contributed by atoms with Crippen LogP contribution in [0.2, 0.25) is 0 Å². The Morgan fingerprint density at radius 1 is 1.06 bits per heavy atom. The van der Waals surface area contributed by atoms with Crippen LogP contribution in [0.5, 0.6) is 5.75 Å². The van der Waals surface area contributed by atoms with Gasteiger partial charge in [0.15, 0.2) is 0 Å². The van der Waals surface area contributed by atoms with Crippen LogP contribution in [0.1, 0.15) is 13.8 Å². The monoisotopic (exact) mass is 238 g/mol. The molecule has 0 spiro atoms. The van der Waals surface area contributed by atoms with Crippen LogP contribution < -0.4 is 9.64 Å². The van der Waals surface area contributed by atoms with E-state index in [9.17, 15) is 0 Å². The largest absolute Gasteiger partial charge is 0.497 e. The van der Waals surface area contributed by atoms with E-state index in [1.54, 1.807) is 7.11 Å². The Bertz CT molecular complexity index is 300. The number of hydrogen-bond donors (Lipinski definition) is 0. The van der Waals surface area contributed by atoms with Crippen LogP contribution in [-0.2, 0) is 0 Å². The number of hydrogen-bond acceptors (Lipinski definition) is 3. The number of benzene rings is 1. The molecule has 0 aliphatic rings. The lowest BCUT2D eigenvalue weighted by Gasteiger charge is -2.21. The molecule has 0 heterocycles. The first-order valence-corrected chi connectivity index (χ1v) is 6.13. The molecule has 0 saturated heterocycles. The fourth-order valence-corrected chi connectivity index (χ4v) is 1.33. The van der Waals surface area contributed by atoms with Gasteiger partial charge in [-0.05, 0) is 26.2 Å². The first kappa shape index (κ1) is 15.8. The van der Waals surface area contributed by atoms with Crippen molar-refractivity contribution in [3.63, 3.8) is 0 Å². The summed E-state index contributed by atoms with van der Waals surface area (Å²) >= 11 is 0. The highest BCUT2D eigenvalue weighted by Gasteiger charge is 2.02. The predicted molar refractivity (Wildman–Crippen MR) is 76.2 cm³/mol. The Labute approximate surface area is 106 Å². The van der Waals surface area contributed by atoms with Gasteiger partial charge in [0, 0.05) is 31.9 Å². The molecule has 0 fully saturated rings. The van der Waals surface area contributed by atoms with Crippen LogP contribution in [0.25, 0.3) is 0 Å². The maximum Gasteiger partial charge on any atom is 0.120 e. The van der Waals surface area contributed by atoms with E-state index >= 15 is 0 Å². The average molecular weight is 238 g/mol. The van der Waals surface area contributed by atoms with E-state index in [2.05, 4.69) is 43.1 Å². The van der Waals surface area contributed by atoms with Crippen molar-refractivity contribution in [3.05, 3.63) is 24.3 Å². The molecule has 3 heteroatoms. The topological polar surface area (TPSA) is 15.7 Å². The first-order chi connectivity index (χ1) is 8.13. The zero-order valence-electron chi connectivity index (χ0n) is 12.0. The zero-order valence-corrected chi connectivity index (χ0v) is 12.0. The summed E-state index contributed by atoms with van der Waals surface area (Å²) in [4.78, 5) is 4.40. The number of anilines is 1. The van der Waals surface area contributed by atoms with E-state index in [1.165, 1.54) is 5.69 Å². The summed E-state index contributed by atoms with van der Waals surface area (Å²) < 4.78 is 5.19. The van der Waals surface area contributed by atoms with Gasteiger partial charge in [0.05, 0.1) is 7.11 Å². The van der Waals surface area contributed by atoms with Crippen molar-refractivity contribution in [2.75, 3.05) is 46.2 Å². The standard InChI is InChI=1S/C12H20N2O.C2H6/c1-13(2)8-9-14(3)11-6-5-7-12(10-11)15-4;1-2/h5-7,10H,8-9H2,1-4H3;1-2H3. The quantitative estimate of drug-likeness (QED) is 0.784. The van der Waals surface area contributed by atoms with Crippen molar-refractivity contribution in [2.45, 2.75) is 13.8 Å². The number of nitrogens with zero attached hydrogens (tertiary/aromatic N) is 2. The van der Waals surface area contributed by atoms with Gasteiger partial charge in [0.2, 0.25) is 0 Å². The third kappa shape index (κ3) is 6.17. The molecule has 0 bridgehead atoms. The third-order valence-electron chi connectivity index (χ3n) is 2.38. The van der Waals surface area contributed by atoms with Gasteiger partial charge in [-0.25, -0.2) is 0 Å². The second kappa shape index (κ2) is 8.88. The van der Waals surface area contributed by atoms with E-state index in [1.807, 2.05) is 26.0 Å². The fourth-order valence-electron chi connectivity index (χ4n) is 1.33. The molecular weight excluding hydrogens is 212 g/mol. The van der Waals surface area contributed by atoms with E-state index in [4.69, 9.17) is 4.74 Å². The smallest absolute Gasteiger partial charge is 0.120 e. The molecule has 1 rings (SSSR count). The molecule has 0 aliphatic heterocycles. The number of methoxy groups -OCH3 is 1. The van der Waals surface area contributed by atoms with Crippen LogP contribution in [0.4, 0.5) is 5.69 Å². The van der Waals surface area contributed by atoms with Gasteiger partial charge in [-0.3, -0.25) is 0 Å². The molecular formula is C14H26N2O. The molecule has 0 N–H and O–H groups in total. The maximum absolute atomic E-state index is 5.19. The molecule has 0 saturated carbocycles. The van der Waals surface area contributed by atoms with Crippen molar-refractivity contribution < 1.29 is 4.74 Å². The Kier molecular flexibility index (Phi) is 8.24. The second-order valence-corrected chi connectivity index (χ2v) is 3.93. The molecule has 0 atom stereocenters. The van der Waals surface area contributed by atoms with Crippen LogP contribution >= 0.6 is 0 Å². The van der Waals surface area contributed by atoms with E-state index < -0.39 is 0 Å². The average Bonchev–Trinajstić information content (AvgIpc) is 2.38. The van der Waals surface area contributed by atoms with Crippen LogP contribution in [-0.4, -0.2) is 46.2 Å². The minimum Gasteiger partial charge on any atom is -0.497 e. The lowest BCUT2D eigenvalue weighted by molar-refractivity contribution is 0.412. The lowest BCUT2D eigenvalue weighted by atomic mass is 10.3. The summed E-state index contributed by atoms with van der Waals surface area (Å²) in [5, 5.41) is 0. The Morgan fingerprint density at radius 2 is 1.71 bits per heavy atom. The van der Waals surface area contributed by atoms with Crippen molar-refractivity contribution in [1.82, 2.24) is 4.90 Å². The first-order valence-electron chi connectivity index (χ1n) is 6.13. The molecule has 17 heavy (non-hydrogen) atoms. The van der Waals surface area contributed by atoms with Crippen molar-refractivity contribution in [3.8, 4) is 5.75 Å². The Morgan fingerprint density at radius 3 is 2.24 bits per heavy atom. The Balaban J connectivity index is 0.00000121. The fraction of sp³-hybridized carbons (Fsp3) is 0.571. The minimum atomic E-state index is 0.907.